The molecule has 2 amide bonds. The van der Waals surface area contributed by atoms with Gasteiger partial charge in [0.25, 0.3) is 35.0 Å². The van der Waals surface area contributed by atoms with E-state index in [9.17, 15) is 47.4 Å². The van der Waals surface area contributed by atoms with Crippen LogP contribution in [-0.2, 0) is 0 Å². The second kappa shape index (κ2) is 25.5. The van der Waals surface area contributed by atoms with Crippen LogP contribution in [0.4, 0.5) is 28.9 Å². The second-order valence-electron chi connectivity index (χ2n) is 16.3. The Morgan fingerprint density at radius 3 is 1.26 bits per heavy atom. The van der Waals surface area contributed by atoms with Gasteiger partial charge in [-0.1, -0.05) is 27.7 Å². The van der Waals surface area contributed by atoms with Crippen LogP contribution in [0.3, 0.4) is 0 Å². The number of amides is 2. The topological polar surface area (TPSA) is 170 Å². The van der Waals surface area contributed by atoms with E-state index in [0.29, 0.717) is 48.9 Å². The summed E-state index contributed by atoms with van der Waals surface area (Å²) in [5.74, 6) is -5.06. The van der Waals surface area contributed by atoms with E-state index in [2.05, 4.69) is 9.80 Å². The molecule has 0 N–H and O–H groups in total. The highest BCUT2D eigenvalue weighted by Crippen LogP contribution is 2.45. The van der Waals surface area contributed by atoms with Crippen LogP contribution in [0.25, 0.3) is 0 Å². The van der Waals surface area contributed by atoms with Gasteiger partial charge in [0.05, 0.1) is 83.7 Å². The number of carbonyl (C=O) groups excluding carboxylic acids is 2. The van der Waals surface area contributed by atoms with Crippen molar-refractivity contribution >= 4 is 70.2 Å². The first kappa shape index (κ1) is 55.3. The van der Waals surface area contributed by atoms with Crippen LogP contribution in [0.1, 0.15) is 74.1 Å². The molecule has 0 spiro atoms. The van der Waals surface area contributed by atoms with Crippen LogP contribution in [0, 0.1) is 20.2 Å². The van der Waals surface area contributed by atoms with Gasteiger partial charge in [-0.15, -0.1) is 47.0 Å². The smallest absolute Gasteiger partial charge is 0.286 e. The van der Waals surface area contributed by atoms with Crippen molar-refractivity contribution in [1.29, 1.82) is 0 Å². The van der Waals surface area contributed by atoms with E-state index >= 15 is 0 Å². The molecular formula is C44H62F4N6O10S4. The minimum atomic E-state index is -3.13. The number of likely N-dealkylation sites (tertiary alicyclic amines) is 2. The number of halogens is 4. The third-order valence-corrected chi connectivity index (χ3v) is 17.3. The molecule has 0 saturated carbocycles. The number of methoxy groups -OCH3 is 2. The lowest BCUT2D eigenvalue weighted by Crippen LogP contribution is -2.47. The molecule has 68 heavy (non-hydrogen) atoms. The minimum Gasteiger partial charge on any atom is -0.493 e. The van der Waals surface area contributed by atoms with Crippen molar-refractivity contribution in [2.24, 2.45) is 0 Å². The molecule has 24 heteroatoms. The van der Waals surface area contributed by atoms with E-state index in [1.54, 1.807) is 0 Å². The molecule has 0 aromatic heterocycles. The lowest BCUT2D eigenvalue weighted by atomic mass is 10.1. The summed E-state index contributed by atoms with van der Waals surface area (Å²) in [6.07, 6.45) is 0.0921. The van der Waals surface area contributed by atoms with Crippen molar-refractivity contribution in [3.63, 3.8) is 0 Å². The highest BCUT2D eigenvalue weighted by atomic mass is 32.2. The maximum atomic E-state index is 14.8. The first-order valence-electron chi connectivity index (χ1n) is 22.7. The molecule has 3 saturated heterocycles. The van der Waals surface area contributed by atoms with Gasteiger partial charge in [0.15, 0.2) is 23.0 Å². The van der Waals surface area contributed by atoms with Gasteiger partial charge < -0.3 is 38.5 Å². The third kappa shape index (κ3) is 14.3. The Kier molecular flexibility index (Phi) is 20.8. The highest BCUT2D eigenvalue weighted by molar-refractivity contribution is 8.17. The molecule has 3 fully saturated rings. The number of thioether (sulfide) groups is 4. The van der Waals surface area contributed by atoms with Gasteiger partial charge >= 0.3 is 0 Å². The molecule has 2 aromatic rings. The summed E-state index contributed by atoms with van der Waals surface area (Å²) in [4.78, 5) is 57.4. The summed E-state index contributed by atoms with van der Waals surface area (Å²) < 4.78 is 81.4. The molecule has 3 aliphatic rings. The summed E-state index contributed by atoms with van der Waals surface area (Å²) in [6, 6.07) is 3.02. The molecule has 16 nitrogen and oxygen atoms in total. The number of benzene rings is 2. The van der Waals surface area contributed by atoms with E-state index in [4.69, 9.17) is 18.9 Å². The number of nitro groups is 2. The molecule has 0 radical (unpaired) electrons. The normalized spacial score (nSPS) is 19.5. The Balaban J connectivity index is 1.11. The zero-order chi connectivity index (χ0) is 49.8. The summed E-state index contributed by atoms with van der Waals surface area (Å²) in [5, 5.41) is 24.5. The molecule has 0 unspecified atom stereocenters. The van der Waals surface area contributed by atoms with Crippen LogP contribution < -0.4 is 18.9 Å². The lowest BCUT2D eigenvalue weighted by molar-refractivity contribution is -0.385. The van der Waals surface area contributed by atoms with E-state index < -0.39 is 82.9 Å². The number of piperazine rings is 1. The fourth-order valence-corrected chi connectivity index (χ4v) is 14.2. The molecule has 0 bridgehead atoms. The van der Waals surface area contributed by atoms with E-state index in [1.165, 1.54) is 73.4 Å². The number of nitro benzene ring substituents is 2. The molecule has 3 heterocycles. The molecule has 0 aliphatic carbocycles. The fraction of sp³-hybridized carbons (Fsp3) is 0.682. The number of nitrogens with zero attached hydrogens (tertiary/aromatic N) is 6. The van der Waals surface area contributed by atoms with E-state index in [-0.39, 0.29) is 56.5 Å². The van der Waals surface area contributed by atoms with Gasteiger partial charge in [0, 0.05) is 64.2 Å². The molecule has 3 aliphatic heterocycles. The third-order valence-electron chi connectivity index (χ3n) is 11.7. The Morgan fingerprint density at radius 1 is 0.632 bits per heavy atom. The number of hydrogen-bond acceptors (Lipinski definition) is 16. The van der Waals surface area contributed by atoms with Gasteiger partial charge in [0.1, 0.15) is 11.1 Å². The lowest BCUT2D eigenvalue weighted by Gasteiger charge is -2.34. The average Bonchev–Trinajstić information content (AvgIpc) is 3.82. The number of carbonyl (C=O) groups is 2. The van der Waals surface area contributed by atoms with Crippen LogP contribution in [0.5, 0.6) is 23.0 Å². The summed E-state index contributed by atoms with van der Waals surface area (Å²) in [5.41, 5.74) is -1.80. The zero-order valence-electron chi connectivity index (χ0n) is 39.3. The molecule has 2 aromatic carbocycles. The van der Waals surface area contributed by atoms with Crippen LogP contribution in [0.2, 0.25) is 0 Å². The molecule has 2 atom stereocenters. The molecule has 5 rings (SSSR count). The maximum absolute atomic E-state index is 14.8. The quantitative estimate of drug-likeness (QED) is 0.0288. The summed E-state index contributed by atoms with van der Waals surface area (Å²) in [7, 11) is 2.68. The first-order chi connectivity index (χ1) is 32.4. The number of rotatable bonds is 26. The van der Waals surface area contributed by atoms with Crippen LogP contribution in [-0.4, -0.2) is 177 Å². The van der Waals surface area contributed by atoms with Crippen LogP contribution >= 0.6 is 47.0 Å². The van der Waals surface area contributed by atoms with Crippen molar-refractivity contribution in [2.45, 2.75) is 86.5 Å². The Morgan fingerprint density at radius 2 is 0.971 bits per heavy atom. The zero-order valence-corrected chi connectivity index (χ0v) is 42.5. The molecule has 380 valence electrons. The fourth-order valence-electron chi connectivity index (χ4n) is 8.60. The standard InChI is InChI=1S/C44H62F4N6O10S4/c1-7-65-41(66-8-2)33-25-43(45,46)27-51(33)39(55)29-21-35(61-5)37(23-31(29)53(57)58)63-19-11-13-49-15-17-50(18-16-49)14-12-20-64-38-24-32(54(59)60)30(22-36(38)62-6)40(56)52-28-44(47,48)26-34(52)42(67-9-3)68-10-4/h21-24,33-34,41-42H,7-20,25-28H2,1-6H3/t33-,34-/m0/s1. The highest BCUT2D eigenvalue weighted by Gasteiger charge is 2.52. The number of hydrogen-bond donors (Lipinski definition) is 0. The van der Waals surface area contributed by atoms with Gasteiger partial charge in [-0.05, 0) is 35.9 Å². The average molecular weight is 1040 g/mol. The summed E-state index contributed by atoms with van der Waals surface area (Å²) in [6.45, 7) is 10.7. The van der Waals surface area contributed by atoms with Crippen molar-refractivity contribution in [2.75, 3.05) is 103 Å². The second-order valence-corrected chi connectivity index (χ2v) is 22.6. The van der Waals surface area contributed by atoms with Crippen molar-refractivity contribution in [1.82, 2.24) is 19.6 Å². The van der Waals surface area contributed by atoms with Gasteiger partial charge in [-0.25, -0.2) is 17.6 Å². The van der Waals surface area contributed by atoms with Crippen molar-refractivity contribution in [3.8, 4) is 23.0 Å². The Labute approximate surface area is 411 Å². The largest absolute Gasteiger partial charge is 0.493 e. The van der Waals surface area contributed by atoms with E-state index in [1.807, 2.05) is 27.7 Å². The number of alkyl halides is 4. The van der Waals surface area contributed by atoms with E-state index in [0.717, 1.165) is 48.1 Å². The monoisotopic (exact) mass is 1040 g/mol. The Hall–Kier alpha value is -3.58. The number of ether oxygens (including phenoxy) is 4. The van der Waals surface area contributed by atoms with Crippen molar-refractivity contribution in [3.05, 3.63) is 55.6 Å². The van der Waals surface area contributed by atoms with Gasteiger partial charge in [-0.2, -0.15) is 0 Å². The Bertz CT molecular complexity index is 1910. The van der Waals surface area contributed by atoms with Crippen molar-refractivity contribution < 1.29 is 55.9 Å². The predicted octanol–water partition coefficient (Wildman–Crippen LogP) is 8.74. The minimum absolute atomic E-state index is 0.0630. The molecular weight excluding hydrogens is 977 g/mol. The van der Waals surface area contributed by atoms with Crippen LogP contribution in [0.15, 0.2) is 24.3 Å². The first-order valence-corrected chi connectivity index (χ1v) is 26.9. The SMILES string of the molecule is CCSC(SCC)[C@@H]1CC(F)(F)CN1C(=O)c1cc(OC)c(OCCCN2CCN(CCCOc3cc([N+](=O)[O-])c(C(=O)N4CC(F)(F)C[C@H]4C(SCC)SCC)cc3OC)CC2)cc1[N+](=O)[O-]. The predicted molar refractivity (Wildman–Crippen MR) is 261 cm³/mol. The maximum Gasteiger partial charge on any atom is 0.286 e. The van der Waals surface area contributed by atoms with Gasteiger partial charge in [0.2, 0.25) is 0 Å². The van der Waals surface area contributed by atoms with Gasteiger partial charge in [-0.3, -0.25) is 29.8 Å². The summed E-state index contributed by atoms with van der Waals surface area (Å²) >= 11 is 5.89.